The zero-order valence-electron chi connectivity index (χ0n) is 13.1. The van der Waals surface area contributed by atoms with Gasteiger partial charge in [-0.15, -0.1) is 11.8 Å². The summed E-state index contributed by atoms with van der Waals surface area (Å²) in [4.78, 5) is 16.6. The van der Waals surface area contributed by atoms with E-state index < -0.39 is 0 Å². The molecule has 1 heterocycles. The number of fused-ring (bicyclic) bond motifs is 1. The molecule has 0 spiro atoms. The van der Waals surface area contributed by atoms with Crippen molar-refractivity contribution in [3.63, 3.8) is 0 Å². The van der Waals surface area contributed by atoms with Crippen molar-refractivity contribution in [3.05, 3.63) is 65.9 Å². The van der Waals surface area contributed by atoms with Crippen molar-refractivity contribution in [2.75, 3.05) is 12.3 Å². The number of hydrogen-bond donors (Lipinski definition) is 2. The molecule has 2 aromatic carbocycles. The molecule has 4 heteroatoms. The second-order valence-electron chi connectivity index (χ2n) is 5.54. The molecule has 0 saturated heterocycles. The number of H-pyrrole nitrogens is 1. The number of nitrogens with one attached hydrogen (secondary N) is 2. The molecule has 0 aliphatic carbocycles. The molecule has 0 aliphatic heterocycles. The van der Waals surface area contributed by atoms with Crippen LogP contribution in [0.4, 0.5) is 0 Å². The summed E-state index contributed by atoms with van der Waals surface area (Å²) in [5.41, 5.74) is 2.82. The lowest BCUT2D eigenvalue weighted by Crippen LogP contribution is -2.25. The monoisotopic (exact) mass is 324 g/mol. The quantitative estimate of drug-likeness (QED) is 0.522. The van der Waals surface area contributed by atoms with Crippen molar-refractivity contribution in [2.45, 2.75) is 18.2 Å². The largest absolute Gasteiger partial charge is 0.351 e. The molecule has 0 fully saturated rings. The van der Waals surface area contributed by atoms with Crippen LogP contribution in [0.25, 0.3) is 10.9 Å². The highest BCUT2D eigenvalue weighted by Crippen LogP contribution is 2.18. The summed E-state index contributed by atoms with van der Waals surface area (Å²) in [6.07, 6.45) is 0.949. The highest BCUT2D eigenvalue weighted by Gasteiger charge is 2.08. The van der Waals surface area contributed by atoms with E-state index in [4.69, 9.17) is 0 Å². The molecular weight excluding hydrogens is 304 g/mol. The van der Waals surface area contributed by atoms with E-state index in [1.807, 2.05) is 48.2 Å². The average molecular weight is 324 g/mol. The molecule has 3 nitrogen and oxygen atoms in total. The number of carbonyl (C=O) groups excluding carboxylic acids is 1. The Labute approximate surface area is 140 Å². The molecule has 0 saturated carbocycles. The van der Waals surface area contributed by atoms with E-state index in [-0.39, 0.29) is 5.91 Å². The standard InChI is InChI=1S/C19H20N2OS/c1-14-8-9-17-15(12-14)13-18(21-17)19(22)20-10-5-11-23-16-6-3-2-4-7-16/h2-4,6-9,12-13,21H,5,10-11H2,1H3,(H,20,22). The van der Waals surface area contributed by atoms with Gasteiger partial charge in [0.15, 0.2) is 0 Å². The predicted molar refractivity (Wildman–Crippen MR) is 97.2 cm³/mol. The Balaban J connectivity index is 1.47. The molecule has 0 aliphatic rings. The summed E-state index contributed by atoms with van der Waals surface area (Å²) in [6.45, 7) is 2.74. The van der Waals surface area contributed by atoms with Gasteiger partial charge in [-0.2, -0.15) is 0 Å². The van der Waals surface area contributed by atoms with E-state index >= 15 is 0 Å². The lowest BCUT2D eigenvalue weighted by Gasteiger charge is -2.04. The van der Waals surface area contributed by atoms with Gasteiger partial charge in [-0.1, -0.05) is 29.8 Å². The first-order valence-electron chi connectivity index (χ1n) is 7.78. The van der Waals surface area contributed by atoms with Crippen molar-refractivity contribution in [1.29, 1.82) is 0 Å². The first kappa shape index (κ1) is 15.7. The number of carbonyl (C=O) groups is 1. The van der Waals surface area contributed by atoms with E-state index in [1.54, 1.807) is 0 Å². The molecular formula is C19H20N2OS. The van der Waals surface area contributed by atoms with Crippen molar-refractivity contribution in [3.8, 4) is 0 Å². The van der Waals surface area contributed by atoms with Crippen LogP contribution in [0, 0.1) is 6.92 Å². The molecule has 0 atom stereocenters. The van der Waals surface area contributed by atoms with Crippen LogP contribution in [0.15, 0.2) is 59.5 Å². The van der Waals surface area contributed by atoms with Crippen LogP contribution in [-0.4, -0.2) is 23.2 Å². The third kappa shape index (κ3) is 4.17. The Morgan fingerprint density at radius 3 is 2.78 bits per heavy atom. The van der Waals surface area contributed by atoms with E-state index in [2.05, 4.69) is 35.4 Å². The van der Waals surface area contributed by atoms with Crippen LogP contribution in [-0.2, 0) is 0 Å². The SMILES string of the molecule is Cc1ccc2[nH]c(C(=O)NCCCSc3ccccc3)cc2c1. The minimum Gasteiger partial charge on any atom is -0.351 e. The fourth-order valence-corrected chi connectivity index (χ4v) is 3.32. The van der Waals surface area contributed by atoms with Crippen molar-refractivity contribution < 1.29 is 4.79 Å². The number of thioether (sulfide) groups is 1. The first-order valence-corrected chi connectivity index (χ1v) is 8.76. The molecule has 2 N–H and O–H groups in total. The molecule has 1 amide bonds. The van der Waals surface area contributed by atoms with Crippen LogP contribution < -0.4 is 5.32 Å². The summed E-state index contributed by atoms with van der Waals surface area (Å²) in [5, 5.41) is 4.06. The second-order valence-corrected chi connectivity index (χ2v) is 6.71. The molecule has 3 rings (SSSR count). The molecule has 118 valence electrons. The Morgan fingerprint density at radius 2 is 1.96 bits per heavy atom. The zero-order chi connectivity index (χ0) is 16.1. The number of aromatic nitrogens is 1. The second kappa shape index (κ2) is 7.38. The number of hydrogen-bond acceptors (Lipinski definition) is 2. The zero-order valence-corrected chi connectivity index (χ0v) is 14.0. The van der Waals surface area contributed by atoms with Crippen molar-refractivity contribution in [2.24, 2.45) is 0 Å². The summed E-state index contributed by atoms with van der Waals surface area (Å²) < 4.78 is 0. The minimum atomic E-state index is -0.0384. The minimum absolute atomic E-state index is 0.0384. The lowest BCUT2D eigenvalue weighted by atomic mass is 10.2. The predicted octanol–water partition coefficient (Wildman–Crippen LogP) is 4.39. The third-order valence-corrected chi connectivity index (χ3v) is 4.74. The van der Waals surface area contributed by atoms with Gasteiger partial charge >= 0.3 is 0 Å². The summed E-state index contributed by atoms with van der Waals surface area (Å²) in [6, 6.07) is 18.4. The maximum absolute atomic E-state index is 12.2. The van der Waals surface area contributed by atoms with E-state index in [0.29, 0.717) is 12.2 Å². The van der Waals surface area contributed by atoms with Gasteiger partial charge in [0, 0.05) is 22.3 Å². The molecule has 3 aromatic rings. The van der Waals surface area contributed by atoms with Gasteiger partial charge in [0.2, 0.25) is 0 Å². The van der Waals surface area contributed by atoms with Crippen LogP contribution in [0.3, 0.4) is 0 Å². The Morgan fingerprint density at radius 1 is 1.13 bits per heavy atom. The van der Waals surface area contributed by atoms with E-state index in [1.165, 1.54) is 10.5 Å². The molecule has 1 aromatic heterocycles. The van der Waals surface area contributed by atoms with Gasteiger partial charge in [-0.25, -0.2) is 0 Å². The smallest absolute Gasteiger partial charge is 0.267 e. The molecule has 0 bridgehead atoms. The molecule has 0 radical (unpaired) electrons. The van der Waals surface area contributed by atoms with Crippen molar-refractivity contribution in [1.82, 2.24) is 10.3 Å². The number of rotatable bonds is 6. The number of aryl methyl sites for hydroxylation is 1. The average Bonchev–Trinajstić information content (AvgIpc) is 2.98. The van der Waals surface area contributed by atoms with Crippen LogP contribution >= 0.6 is 11.8 Å². The van der Waals surface area contributed by atoms with Gasteiger partial charge in [0.25, 0.3) is 5.91 Å². The Kier molecular flexibility index (Phi) is 5.03. The Hall–Kier alpha value is -2.20. The number of benzene rings is 2. The normalized spacial score (nSPS) is 10.8. The van der Waals surface area contributed by atoms with Gasteiger partial charge < -0.3 is 10.3 Å². The first-order chi connectivity index (χ1) is 11.2. The van der Waals surface area contributed by atoms with Crippen molar-refractivity contribution >= 4 is 28.6 Å². The summed E-state index contributed by atoms with van der Waals surface area (Å²) in [5.74, 6) is 0.958. The number of aromatic amines is 1. The van der Waals surface area contributed by atoms with Gasteiger partial charge in [0.05, 0.1) is 0 Å². The maximum atomic E-state index is 12.2. The molecule has 0 unspecified atom stereocenters. The lowest BCUT2D eigenvalue weighted by molar-refractivity contribution is 0.0949. The third-order valence-electron chi connectivity index (χ3n) is 3.64. The fraction of sp³-hybridized carbons (Fsp3) is 0.211. The highest BCUT2D eigenvalue weighted by atomic mass is 32.2. The highest BCUT2D eigenvalue weighted by molar-refractivity contribution is 7.99. The number of amides is 1. The van der Waals surface area contributed by atoms with Gasteiger partial charge in [0.1, 0.15) is 5.69 Å². The maximum Gasteiger partial charge on any atom is 0.267 e. The summed E-state index contributed by atoms with van der Waals surface area (Å²) in [7, 11) is 0. The van der Waals surface area contributed by atoms with Gasteiger partial charge in [-0.3, -0.25) is 4.79 Å². The summed E-state index contributed by atoms with van der Waals surface area (Å²) >= 11 is 1.81. The van der Waals surface area contributed by atoms with Crippen LogP contribution in [0.2, 0.25) is 0 Å². The van der Waals surface area contributed by atoms with Gasteiger partial charge in [-0.05, 0) is 49.4 Å². The van der Waals surface area contributed by atoms with E-state index in [0.717, 1.165) is 23.1 Å². The van der Waals surface area contributed by atoms with E-state index in [9.17, 15) is 4.79 Å². The Bertz CT molecular complexity index is 795. The van der Waals surface area contributed by atoms with Crippen LogP contribution in [0.1, 0.15) is 22.5 Å². The van der Waals surface area contributed by atoms with Crippen LogP contribution in [0.5, 0.6) is 0 Å². The topological polar surface area (TPSA) is 44.9 Å². The molecule has 23 heavy (non-hydrogen) atoms. The fourth-order valence-electron chi connectivity index (χ4n) is 2.45.